The lowest BCUT2D eigenvalue weighted by atomic mass is 9.93. The Morgan fingerprint density at radius 3 is 3.03 bits per heavy atom. The molecule has 0 saturated carbocycles. The van der Waals surface area contributed by atoms with Gasteiger partial charge in [0.2, 0.25) is 5.91 Å². The third kappa shape index (κ3) is 2.75. The predicted octanol–water partition coefficient (Wildman–Crippen LogP) is 3.18. The summed E-state index contributed by atoms with van der Waals surface area (Å²) in [5, 5.41) is 3.86. The maximum atomic E-state index is 11.9. The number of benzene rings is 1. The number of para-hydroxylation sites is 1. The Bertz CT molecular complexity index is 1420. The Balaban J connectivity index is 1.81. The minimum atomic E-state index is -0.234. The number of anilines is 1. The molecule has 4 aromatic rings. The number of nitrogen functional groups attached to an aromatic ring is 1. The summed E-state index contributed by atoms with van der Waals surface area (Å²) in [6.07, 6.45) is 5.38. The molecule has 3 N–H and O–H groups in total. The summed E-state index contributed by atoms with van der Waals surface area (Å²) >= 11 is 0. The van der Waals surface area contributed by atoms with E-state index in [0.717, 1.165) is 27.7 Å². The third-order valence-electron chi connectivity index (χ3n) is 5.39. The Morgan fingerprint density at radius 2 is 2.20 bits per heavy atom. The second-order valence-electron chi connectivity index (χ2n) is 7.30. The van der Waals surface area contributed by atoms with Gasteiger partial charge in [-0.05, 0) is 30.7 Å². The monoisotopic (exact) mass is 397 g/mol. The van der Waals surface area contributed by atoms with Crippen LogP contribution in [0.5, 0.6) is 0 Å². The van der Waals surface area contributed by atoms with Crippen molar-refractivity contribution in [2.75, 3.05) is 5.73 Å². The fraction of sp³-hybridized carbons (Fsp3) is 0.130. The summed E-state index contributed by atoms with van der Waals surface area (Å²) < 4.78 is 10.5. The van der Waals surface area contributed by atoms with Gasteiger partial charge in [0, 0.05) is 17.4 Å². The van der Waals surface area contributed by atoms with Gasteiger partial charge in [0.1, 0.15) is 11.8 Å². The molecule has 1 aliphatic carbocycles. The smallest absolute Gasteiger partial charge is 0.243 e. The van der Waals surface area contributed by atoms with Crippen LogP contribution in [0.2, 0.25) is 0 Å². The third-order valence-corrected chi connectivity index (χ3v) is 5.39. The zero-order valence-corrected chi connectivity index (χ0v) is 16.4. The molecule has 3 aromatic heterocycles. The molecule has 0 bridgehead atoms. The lowest BCUT2D eigenvalue weighted by Crippen LogP contribution is -2.35. The van der Waals surface area contributed by atoms with Crippen molar-refractivity contribution >= 4 is 39.2 Å². The van der Waals surface area contributed by atoms with E-state index in [4.69, 9.17) is 7.10 Å². The van der Waals surface area contributed by atoms with Crippen LogP contribution in [0, 0.1) is 0 Å². The zero-order chi connectivity index (χ0) is 21.7. The van der Waals surface area contributed by atoms with E-state index in [0.29, 0.717) is 29.0 Å². The Kier molecular flexibility index (Phi) is 3.84. The molecule has 0 spiro atoms. The van der Waals surface area contributed by atoms with Crippen LogP contribution in [-0.2, 0) is 11.2 Å². The number of fused-ring (bicyclic) bond motifs is 4. The zero-order valence-electron chi connectivity index (χ0n) is 17.4. The average molecular weight is 397 g/mol. The lowest BCUT2D eigenvalue weighted by molar-refractivity contribution is -0.116. The van der Waals surface area contributed by atoms with Gasteiger partial charge in [0.05, 0.1) is 36.0 Å². The van der Waals surface area contributed by atoms with E-state index in [1.54, 1.807) is 0 Å². The normalized spacial score (nSPS) is 16.1. The van der Waals surface area contributed by atoms with Gasteiger partial charge < -0.3 is 15.6 Å². The number of hydrogen-bond donors (Lipinski definition) is 2. The van der Waals surface area contributed by atoms with Gasteiger partial charge in [-0.3, -0.25) is 9.78 Å². The highest BCUT2D eigenvalue weighted by Crippen LogP contribution is 2.38. The van der Waals surface area contributed by atoms with Gasteiger partial charge in [-0.15, -0.1) is 0 Å². The fourth-order valence-electron chi connectivity index (χ4n) is 4.16. The summed E-state index contributed by atoms with van der Waals surface area (Å²) in [5.41, 5.74) is 11.8. The van der Waals surface area contributed by atoms with Crippen LogP contribution < -0.4 is 11.1 Å². The maximum Gasteiger partial charge on any atom is 0.243 e. The molecule has 148 valence electrons. The number of nitrogens with two attached hydrogens (primary N) is 1. The summed E-state index contributed by atoms with van der Waals surface area (Å²) in [6, 6.07) is 9.44. The Hall–Kier alpha value is -4.00. The van der Waals surface area contributed by atoms with Gasteiger partial charge in [-0.1, -0.05) is 30.9 Å². The van der Waals surface area contributed by atoms with Gasteiger partial charge in [-0.25, -0.2) is 9.97 Å². The fourth-order valence-corrected chi connectivity index (χ4v) is 4.16. The van der Waals surface area contributed by atoms with Crippen molar-refractivity contribution in [3.05, 3.63) is 72.8 Å². The van der Waals surface area contributed by atoms with E-state index in [9.17, 15) is 4.79 Å². The molecule has 0 saturated heterocycles. The van der Waals surface area contributed by atoms with Crippen molar-refractivity contribution in [3.63, 3.8) is 0 Å². The van der Waals surface area contributed by atoms with E-state index in [2.05, 4.69) is 26.8 Å². The topological polar surface area (TPSA) is 98.7 Å². The second kappa shape index (κ2) is 6.81. The first-order valence-corrected chi connectivity index (χ1v) is 9.60. The van der Waals surface area contributed by atoms with Crippen LogP contribution in [-0.4, -0.2) is 31.5 Å². The molecule has 1 amide bonds. The van der Waals surface area contributed by atoms with Crippen molar-refractivity contribution in [2.45, 2.75) is 19.4 Å². The molecular formula is C23H20N6O. The SMILES string of the molecule is [2H]c1nc2ccccc2cc1-n1c2c(c3ncnc(N)c31)C[C@H](NC(=O)C=C)C=C2C. The Morgan fingerprint density at radius 1 is 1.37 bits per heavy atom. The number of nitrogens with zero attached hydrogens (tertiary/aromatic N) is 4. The van der Waals surface area contributed by atoms with E-state index in [1.165, 1.54) is 12.4 Å². The number of carbonyl (C=O) groups excluding carboxylic acids is 1. The number of pyridine rings is 1. The van der Waals surface area contributed by atoms with Crippen molar-refractivity contribution in [1.82, 2.24) is 24.8 Å². The van der Waals surface area contributed by atoms with E-state index >= 15 is 0 Å². The van der Waals surface area contributed by atoms with Crippen molar-refractivity contribution in [2.24, 2.45) is 0 Å². The lowest BCUT2D eigenvalue weighted by Gasteiger charge is -2.22. The molecule has 1 atom stereocenters. The van der Waals surface area contributed by atoms with Gasteiger partial charge in [-0.2, -0.15) is 0 Å². The van der Waals surface area contributed by atoms with Gasteiger partial charge in [0.15, 0.2) is 5.82 Å². The summed E-state index contributed by atoms with van der Waals surface area (Å²) in [7, 11) is 0. The number of amides is 1. The summed E-state index contributed by atoms with van der Waals surface area (Å²) in [5.74, 6) is 0.0917. The number of aromatic nitrogens is 4. The van der Waals surface area contributed by atoms with Crippen LogP contribution in [0.3, 0.4) is 0 Å². The molecule has 0 radical (unpaired) electrons. The number of hydrogen-bond acceptors (Lipinski definition) is 5. The first-order valence-electron chi connectivity index (χ1n) is 10.1. The van der Waals surface area contributed by atoms with Gasteiger partial charge in [0.25, 0.3) is 0 Å². The Labute approximate surface area is 174 Å². The molecule has 1 aliphatic rings. The number of rotatable bonds is 3. The molecule has 0 unspecified atom stereocenters. The average Bonchev–Trinajstić information content (AvgIpc) is 3.09. The summed E-state index contributed by atoms with van der Waals surface area (Å²) in [6.45, 7) is 5.50. The first-order chi connectivity index (χ1) is 15.0. The van der Waals surface area contributed by atoms with Crippen LogP contribution in [0.1, 0.15) is 19.6 Å². The molecule has 30 heavy (non-hydrogen) atoms. The highest BCUT2D eigenvalue weighted by Gasteiger charge is 2.28. The van der Waals surface area contributed by atoms with Crippen LogP contribution in [0.25, 0.3) is 33.2 Å². The van der Waals surface area contributed by atoms with Crippen LogP contribution in [0.15, 0.2) is 61.6 Å². The standard InChI is InChI=1S/C23H20N6O/c1-3-19(30)28-15-8-13(2)21-17(10-15)20-22(23(24)27-12-26-20)29(21)16-9-14-6-4-5-7-18(14)25-11-16/h3-9,11-12,15H,1,10H2,2H3,(H,28,30)(H2,24,26,27)/t15-/m1/s1/i11D. The minimum Gasteiger partial charge on any atom is -0.382 e. The summed E-state index contributed by atoms with van der Waals surface area (Å²) in [4.78, 5) is 25.1. The van der Waals surface area contributed by atoms with E-state index < -0.39 is 0 Å². The largest absolute Gasteiger partial charge is 0.382 e. The van der Waals surface area contributed by atoms with Crippen LogP contribution in [0.4, 0.5) is 5.82 Å². The van der Waals surface area contributed by atoms with Crippen molar-refractivity contribution < 1.29 is 6.17 Å². The molecule has 7 nitrogen and oxygen atoms in total. The molecule has 7 heteroatoms. The predicted molar refractivity (Wildman–Crippen MR) is 118 cm³/mol. The number of allylic oxidation sites excluding steroid dienone is 1. The van der Waals surface area contributed by atoms with E-state index in [1.807, 2.05) is 47.9 Å². The van der Waals surface area contributed by atoms with Gasteiger partial charge >= 0.3 is 0 Å². The van der Waals surface area contributed by atoms with E-state index in [-0.39, 0.29) is 18.1 Å². The quantitative estimate of drug-likeness (QED) is 0.517. The highest BCUT2D eigenvalue weighted by molar-refractivity contribution is 5.96. The number of carbonyl (C=O) groups is 1. The highest BCUT2D eigenvalue weighted by atomic mass is 16.1. The van der Waals surface area contributed by atoms with Crippen molar-refractivity contribution in [3.8, 4) is 5.69 Å². The van der Waals surface area contributed by atoms with Crippen LogP contribution >= 0.6 is 0 Å². The number of nitrogens with one attached hydrogen (secondary N) is 1. The molecule has 5 rings (SSSR count). The maximum absolute atomic E-state index is 11.9. The second-order valence-corrected chi connectivity index (χ2v) is 7.30. The molecule has 3 heterocycles. The molecule has 0 fully saturated rings. The van der Waals surface area contributed by atoms with Crippen molar-refractivity contribution in [1.29, 1.82) is 0 Å². The molecule has 0 aliphatic heterocycles. The minimum absolute atomic E-state index is 0.136. The molecule has 1 aromatic carbocycles. The first kappa shape index (κ1) is 16.9. The molecular weight excluding hydrogens is 376 g/mol.